The minimum atomic E-state index is -0.215. The van der Waals surface area contributed by atoms with Crippen LogP contribution in [0.1, 0.15) is 48.2 Å². The van der Waals surface area contributed by atoms with Crippen molar-refractivity contribution in [3.63, 3.8) is 0 Å². The highest BCUT2D eigenvalue weighted by Crippen LogP contribution is 2.43. The first-order valence-electron chi connectivity index (χ1n) is 11.2. The Morgan fingerprint density at radius 1 is 0.938 bits per heavy atom. The number of aryl methyl sites for hydroxylation is 1. The maximum absolute atomic E-state index is 13.5. The van der Waals surface area contributed by atoms with E-state index in [1.165, 1.54) is 34.3 Å². The van der Waals surface area contributed by atoms with E-state index in [0.717, 1.165) is 35.5 Å². The van der Waals surface area contributed by atoms with Crippen molar-refractivity contribution in [3.8, 4) is 0 Å². The van der Waals surface area contributed by atoms with Crippen LogP contribution < -0.4 is 0 Å². The van der Waals surface area contributed by atoms with Crippen LogP contribution in [0.15, 0.2) is 79.0 Å². The molecule has 162 valence electrons. The third-order valence-corrected chi connectivity index (χ3v) is 6.63. The van der Waals surface area contributed by atoms with Gasteiger partial charge in [-0.3, -0.25) is 0 Å². The SMILES string of the molecule is CCCCn1c2c(c3ccccc31)C=CN(Cc1ccc(F)cc1)C2c1ccccc1Cl. The minimum Gasteiger partial charge on any atom is -0.361 e. The zero-order chi connectivity index (χ0) is 22.1. The van der Waals surface area contributed by atoms with Crippen LogP contribution in [-0.4, -0.2) is 9.47 Å². The molecule has 0 amide bonds. The average Bonchev–Trinajstić information content (AvgIpc) is 3.13. The van der Waals surface area contributed by atoms with E-state index >= 15 is 0 Å². The highest BCUT2D eigenvalue weighted by atomic mass is 35.5. The lowest BCUT2D eigenvalue weighted by Gasteiger charge is -2.36. The molecule has 2 nitrogen and oxygen atoms in total. The van der Waals surface area contributed by atoms with E-state index in [-0.39, 0.29) is 11.9 Å². The topological polar surface area (TPSA) is 8.17 Å². The van der Waals surface area contributed by atoms with Gasteiger partial charge >= 0.3 is 0 Å². The lowest BCUT2D eigenvalue weighted by Crippen LogP contribution is -2.29. The first-order chi connectivity index (χ1) is 15.7. The number of rotatable bonds is 6. The molecule has 3 aromatic carbocycles. The van der Waals surface area contributed by atoms with Crippen molar-refractivity contribution in [2.24, 2.45) is 0 Å². The summed E-state index contributed by atoms with van der Waals surface area (Å²) in [5, 5.41) is 2.03. The van der Waals surface area contributed by atoms with Gasteiger partial charge in [-0.2, -0.15) is 0 Å². The van der Waals surface area contributed by atoms with Crippen LogP contribution in [0.25, 0.3) is 17.0 Å². The number of hydrogen-bond donors (Lipinski definition) is 0. The Hall–Kier alpha value is -3.04. The van der Waals surface area contributed by atoms with Gasteiger partial charge < -0.3 is 9.47 Å². The van der Waals surface area contributed by atoms with Crippen LogP contribution in [0.3, 0.4) is 0 Å². The van der Waals surface area contributed by atoms with Gasteiger partial charge in [0.15, 0.2) is 0 Å². The van der Waals surface area contributed by atoms with E-state index < -0.39 is 0 Å². The summed E-state index contributed by atoms with van der Waals surface area (Å²) in [7, 11) is 0. The number of hydrogen-bond acceptors (Lipinski definition) is 1. The van der Waals surface area contributed by atoms with Crippen molar-refractivity contribution in [3.05, 3.63) is 112 Å². The molecule has 32 heavy (non-hydrogen) atoms. The zero-order valence-corrected chi connectivity index (χ0v) is 18.9. The maximum Gasteiger partial charge on any atom is 0.123 e. The predicted octanol–water partition coefficient (Wildman–Crippen LogP) is 7.81. The number of nitrogens with zero attached hydrogens (tertiary/aromatic N) is 2. The second kappa shape index (κ2) is 8.84. The fraction of sp³-hybridized carbons (Fsp3) is 0.214. The van der Waals surface area contributed by atoms with Gasteiger partial charge in [-0.05, 0) is 47.9 Å². The van der Waals surface area contributed by atoms with Crippen molar-refractivity contribution < 1.29 is 4.39 Å². The Morgan fingerprint density at radius 2 is 1.69 bits per heavy atom. The van der Waals surface area contributed by atoms with Crippen molar-refractivity contribution in [1.82, 2.24) is 9.47 Å². The van der Waals surface area contributed by atoms with Gasteiger partial charge in [0.1, 0.15) is 5.82 Å². The number of aromatic nitrogens is 1. The van der Waals surface area contributed by atoms with Crippen molar-refractivity contribution in [2.45, 2.75) is 38.9 Å². The van der Waals surface area contributed by atoms with E-state index in [1.54, 1.807) is 0 Å². The monoisotopic (exact) mass is 444 g/mol. The van der Waals surface area contributed by atoms with Crippen LogP contribution in [0.2, 0.25) is 5.02 Å². The van der Waals surface area contributed by atoms with Crippen LogP contribution in [0.5, 0.6) is 0 Å². The van der Waals surface area contributed by atoms with Gasteiger partial charge in [-0.1, -0.05) is 73.5 Å². The molecule has 4 aromatic rings. The van der Waals surface area contributed by atoms with Gasteiger partial charge in [-0.15, -0.1) is 0 Å². The molecule has 0 radical (unpaired) electrons. The number of unbranched alkanes of at least 4 members (excludes halogenated alkanes) is 1. The summed E-state index contributed by atoms with van der Waals surface area (Å²) in [4.78, 5) is 2.32. The van der Waals surface area contributed by atoms with E-state index in [2.05, 4.69) is 59.0 Å². The number of benzene rings is 3. The standard InChI is InChI=1S/C28H26ClFN2/c1-2-3-17-32-26-11-7-5-8-22(26)23-16-18-31(19-20-12-14-21(30)15-13-20)27(28(23)32)24-9-4-6-10-25(24)29/h4-16,18,27H,2-3,17,19H2,1H3. The molecule has 1 atom stereocenters. The molecule has 1 aliphatic heterocycles. The second-order valence-electron chi connectivity index (χ2n) is 8.36. The molecule has 0 saturated heterocycles. The number of para-hydroxylation sites is 1. The van der Waals surface area contributed by atoms with Crippen molar-refractivity contribution in [1.29, 1.82) is 0 Å². The molecule has 0 saturated carbocycles. The number of fused-ring (bicyclic) bond motifs is 3. The zero-order valence-electron chi connectivity index (χ0n) is 18.1. The summed E-state index contributed by atoms with van der Waals surface area (Å²) in [5.41, 5.74) is 5.95. The Kier molecular flexibility index (Phi) is 5.75. The molecule has 4 heteroatoms. The minimum absolute atomic E-state index is 0.0296. The third-order valence-electron chi connectivity index (χ3n) is 6.29. The molecule has 0 spiro atoms. The summed E-state index contributed by atoms with van der Waals surface area (Å²) in [6, 6.07) is 23.5. The van der Waals surface area contributed by atoms with Gasteiger partial charge in [0.2, 0.25) is 0 Å². The largest absolute Gasteiger partial charge is 0.361 e. The molecule has 2 heterocycles. The summed E-state index contributed by atoms with van der Waals surface area (Å²) in [6.45, 7) is 3.86. The highest BCUT2D eigenvalue weighted by Gasteiger charge is 2.32. The molecule has 0 fully saturated rings. The molecular weight excluding hydrogens is 419 g/mol. The van der Waals surface area contributed by atoms with Crippen molar-refractivity contribution >= 4 is 28.6 Å². The molecule has 0 aliphatic carbocycles. The first kappa shape index (κ1) is 20.8. The lowest BCUT2D eigenvalue weighted by molar-refractivity contribution is 0.295. The molecule has 5 rings (SSSR count). The van der Waals surface area contributed by atoms with E-state index in [9.17, 15) is 4.39 Å². The lowest BCUT2D eigenvalue weighted by atomic mass is 9.94. The molecule has 1 aromatic heterocycles. The van der Waals surface area contributed by atoms with Gasteiger partial charge in [0, 0.05) is 40.8 Å². The average molecular weight is 445 g/mol. The molecule has 1 unspecified atom stereocenters. The third kappa shape index (κ3) is 3.71. The predicted molar refractivity (Wildman–Crippen MR) is 131 cm³/mol. The van der Waals surface area contributed by atoms with Crippen molar-refractivity contribution in [2.75, 3.05) is 0 Å². The highest BCUT2D eigenvalue weighted by molar-refractivity contribution is 6.31. The van der Waals surface area contributed by atoms with E-state index in [1.807, 2.05) is 30.3 Å². The molecule has 0 bridgehead atoms. The van der Waals surface area contributed by atoms with E-state index in [4.69, 9.17) is 11.6 Å². The van der Waals surface area contributed by atoms with Gasteiger partial charge in [0.05, 0.1) is 11.7 Å². The molecular formula is C28H26ClFN2. The van der Waals surface area contributed by atoms with Gasteiger partial charge in [-0.25, -0.2) is 4.39 Å². The Bertz CT molecular complexity index is 1270. The molecule has 0 N–H and O–H groups in total. The smallest absolute Gasteiger partial charge is 0.123 e. The van der Waals surface area contributed by atoms with Crippen LogP contribution in [0, 0.1) is 5.82 Å². The Balaban J connectivity index is 1.70. The van der Waals surface area contributed by atoms with Crippen LogP contribution >= 0.6 is 11.6 Å². The first-order valence-corrected chi connectivity index (χ1v) is 11.6. The fourth-order valence-electron chi connectivity index (χ4n) is 4.76. The second-order valence-corrected chi connectivity index (χ2v) is 8.77. The maximum atomic E-state index is 13.5. The summed E-state index contributed by atoms with van der Waals surface area (Å²) < 4.78 is 16.0. The van der Waals surface area contributed by atoms with Gasteiger partial charge in [0.25, 0.3) is 0 Å². The summed E-state index contributed by atoms with van der Waals surface area (Å²) in [6.07, 6.45) is 6.63. The normalized spacial score (nSPS) is 15.3. The Labute approximate surface area is 193 Å². The quantitative estimate of drug-likeness (QED) is 0.294. The summed E-state index contributed by atoms with van der Waals surface area (Å²) >= 11 is 6.76. The summed E-state index contributed by atoms with van der Waals surface area (Å²) in [5.74, 6) is -0.215. The van der Waals surface area contributed by atoms with Crippen LogP contribution in [0.4, 0.5) is 4.39 Å². The van der Waals surface area contributed by atoms with Crippen LogP contribution in [-0.2, 0) is 13.1 Å². The Morgan fingerprint density at radius 3 is 2.47 bits per heavy atom. The molecule has 1 aliphatic rings. The number of halogens is 2. The fourth-order valence-corrected chi connectivity index (χ4v) is 5.00. The van der Waals surface area contributed by atoms with E-state index in [0.29, 0.717) is 6.54 Å².